The summed E-state index contributed by atoms with van der Waals surface area (Å²) < 4.78 is 29.4. The van der Waals surface area contributed by atoms with Gasteiger partial charge in [-0.2, -0.15) is 0 Å². The first-order chi connectivity index (χ1) is 8.31. The van der Waals surface area contributed by atoms with Gasteiger partial charge >= 0.3 is 0 Å². The SMILES string of the molecule is CCC(COc1ccc(Br)cc1Br)CS(=O)(=O)Cl. The van der Waals surface area contributed by atoms with Crippen molar-refractivity contribution >= 4 is 51.6 Å². The largest absolute Gasteiger partial charge is 0.492 e. The third-order valence-electron chi connectivity index (χ3n) is 2.38. The summed E-state index contributed by atoms with van der Waals surface area (Å²) in [7, 11) is 1.76. The standard InChI is InChI=1S/C11H13Br2ClO3S/c1-2-8(7-18(14,15)16)6-17-11-4-3-9(12)5-10(11)13/h3-5,8H,2,6-7H2,1H3. The van der Waals surface area contributed by atoms with Crippen molar-refractivity contribution in [2.24, 2.45) is 5.92 Å². The zero-order valence-electron chi connectivity index (χ0n) is 9.70. The molecule has 0 amide bonds. The number of ether oxygens (including phenoxy) is 1. The van der Waals surface area contributed by atoms with E-state index >= 15 is 0 Å². The van der Waals surface area contributed by atoms with Gasteiger partial charge in [-0.05, 0) is 40.5 Å². The third kappa shape index (κ3) is 5.91. The Morgan fingerprint density at radius 3 is 2.56 bits per heavy atom. The fraction of sp³-hybridized carbons (Fsp3) is 0.455. The van der Waals surface area contributed by atoms with Crippen molar-refractivity contribution in [3.63, 3.8) is 0 Å². The average molecular weight is 421 g/mol. The van der Waals surface area contributed by atoms with Crippen molar-refractivity contribution in [3.05, 3.63) is 27.1 Å². The van der Waals surface area contributed by atoms with E-state index in [2.05, 4.69) is 31.9 Å². The van der Waals surface area contributed by atoms with Gasteiger partial charge in [0.1, 0.15) is 5.75 Å². The normalized spacial score (nSPS) is 13.3. The van der Waals surface area contributed by atoms with Gasteiger partial charge in [0.05, 0.1) is 16.8 Å². The Balaban J connectivity index is 2.62. The topological polar surface area (TPSA) is 43.4 Å². The Kier molecular flexibility index (Phi) is 6.44. The van der Waals surface area contributed by atoms with Crippen molar-refractivity contribution in [1.29, 1.82) is 0 Å². The van der Waals surface area contributed by atoms with E-state index in [1.807, 2.05) is 25.1 Å². The smallest absolute Gasteiger partial charge is 0.232 e. The molecule has 1 rings (SSSR count). The predicted molar refractivity (Wildman–Crippen MR) is 80.8 cm³/mol. The van der Waals surface area contributed by atoms with Crippen LogP contribution in [0.15, 0.2) is 27.1 Å². The van der Waals surface area contributed by atoms with Gasteiger partial charge in [-0.3, -0.25) is 0 Å². The molecule has 0 aliphatic rings. The highest BCUT2D eigenvalue weighted by atomic mass is 79.9. The van der Waals surface area contributed by atoms with E-state index in [1.165, 1.54) is 0 Å². The van der Waals surface area contributed by atoms with Crippen molar-refractivity contribution in [2.45, 2.75) is 13.3 Å². The number of hydrogen-bond donors (Lipinski definition) is 0. The molecule has 18 heavy (non-hydrogen) atoms. The van der Waals surface area contributed by atoms with E-state index in [9.17, 15) is 8.42 Å². The number of hydrogen-bond acceptors (Lipinski definition) is 3. The van der Waals surface area contributed by atoms with Crippen molar-refractivity contribution < 1.29 is 13.2 Å². The van der Waals surface area contributed by atoms with Crippen LogP contribution in [0.5, 0.6) is 5.75 Å². The number of rotatable bonds is 6. The van der Waals surface area contributed by atoms with Crippen LogP contribution in [0.1, 0.15) is 13.3 Å². The van der Waals surface area contributed by atoms with Crippen LogP contribution in [0.3, 0.4) is 0 Å². The maximum absolute atomic E-state index is 11.0. The van der Waals surface area contributed by atoms with E-state index in [0.717, 1.165) is 8.95 Å². The molecule has 0 heterocycles. The second-order valence-corrected chi connectivity index (χ2v) is 8.46. The molecule has 0 bridgehead atoms. The molecule has 0 spiro atoms. The summed E-state index contributed by atoms with van der Waals surface area (Å²) in [5, 5.41) is 0. The molecule has 0 aliphatic heterocycles. The molecule has 7 heteroatoms. The van der Waals surface area contributed by atoms with Gasteiger partial charge in [0.15, 0.2) is 0 Å². The van der Waals surface area contributed by atoms with Crippen molar-refractivity contribution in [3.8, 4) is 5.75 Å². The lowest BCUT2D eigenvalue weighted by Crippen LogP contribution is -2.19. The highest BCUT2D eigenvalue weighted by Crippen LogP contribution is 2.28. The second-order valence-electron chi connectivity index (χ2n) is 3.87. The molecule has 0 saturated carbocycles. The molecule has 102 valence electrons. The number of halogens is 3. The van der Waals surface area contributed by atoms with Crippen LogP contribution >= 0.6 is 42.5 Å². The molecule has 0 aromatic heterocycles. The van der Waals surface area contributed by atoms with E-state index in [1.54, 1.807) is 0 Å². The van der Waals surface area contributed by atoms with Crippen LogP contribution in [-0.2, 0) is 9.05 Å². The molecule has 1 atom stereocenters. The molecular formula is C11H13Br2ClO3S. The van der Waals surface area contributed by atoms with Crippen LogP contribution in [0.25, 0.3) is 0 Å². The molecule has 0 saturated heterocycles. The quantitative estimate of drug-likeness (QED) is 0.649. The van der Waals surface area contributed by atoms with Crippen LogP contribution in [0.2, 0.25) is 0 Å². The highest BCUT2D eigenvalue weighted by Gasteiger charge is 2.16. The Morgan fingerprint density at radius 2 is 2.06 bits per heavy atom. The second kappa shape index (κ2) is 7.12. The van der Waals surface area contributed by atoms with Crippen LogP contribution in [0.4, 0.5) is 0 Å². The van der Waals surface area contributed by atoms with E-state index < -0.39 is 9.05 Å². The summed E-state index contributed by atoms with van der Waals surface area (Å²) in [4.78, 5) is 0. The van der Waals surface area contributed by atoms with Gasteiger partial charge in [-0.25, -0.2) is 8.42 Å². The minimum Gasteiger partial charge on any atom is -0.492 e. The maximum Gasteiger partial charge on any atom is 0.232 e. The monoisotopic (exact) mass is 418 g/mol. The van der Waals surface area contributed by atoms with Crippen LogP contribution in [0, 0.1) is 5.92 Å². The Labute approximate surface area is 129 Å². The molecule has 1 unspecified atom stereocenters. The first-order valence-corrected chi connectivity index (χ1v) is 9.38. The highest BCUT2D eigenvalue weighted by molar-refractivity contribution is 9.11. The van der Waals surface area contributed by atoms with Crippen molar-refractivity contribution in [2.75, 3.05) is 12.4 Å². The first kappa shape index (κ1) is 16.3. The first-order valence-electron chi connectivity index (χ1n) is 5.32. The summed E-state index contributed by atoms with van der Waals surface area (Å²) in [6.45, 7) is 2.23. The average Bonchev–Trinajstić information content (AvgIpc) is 2.24. The zero-order valence-corrected chi connectivity index (χ0v) is 14.4. The Morgan fingerprint density at radius 1 is 1.39 bits per heavy atom. The lowest BCUT2D eigenvalue weighted by molar-refractivity contribution is 0.256. The van der Waals surface area contributed by atoms with Gasteiger partial charge in [-0.15, -0.1) is 0 Å². The summed E-state index contributed by atoms with van der Waals surface area (Å²) in [5.74, 6) is 0.505. The molecule has 0 aliphatic carbocycles. The predicted octanol–water partition coefficient (Wildman–Crippen LogP) is 4.19. The third-order valence-corrected chi connectivity index (χ3v) is 4.74. The van der Waals surface area contributed by atoms with Gasteiger partial charge in [0, 0.05) is 21.1 Å². The minimum atomic E-state index is -3.48. The maximum atomic E-state index is 11.0. The summed E-state index contributed by atoms with van der Waals surface area (Å²) in [5.41, 5.74) is 0. The molecule has 1 aromatic rings. The fourth-order valence-electron chi connectivity index (χ4n) is 1.37. The van der Waals surface area contributed by atoms with Gasteiger partial charge in [0.2, 0.25) is 9.05 Å². The van der Waals surface area contributed by atoms with Crippen LogP contribution in [-0.4, -0.2) is 20.8 Å². The Hall–Kier alpha value is 0.220. The summed E-state index contributed by atoms with van der Waals surface area (Å²) in [6.07, 6.45) is 0.695. The molecule has 3 nitrogen and oxygen atoms in total. The molecule has 0 radical (unpaired) electrons. The minimum absolute atomic E-state index is 0.0702. The molecule has 0 N–H and O–H groups in total. The van der Waals surface area contributed by atoms with Gasteiger partial charge < -0.3 is 4.74 Å². The van der Waals surface area contributed by atoms with E-state index in [0.29, 0.717) is 18.8 Å². The van der Waals surface area contributed by atoms with E-state index in [-0.39, 0.29) is 11.7 Å². The Bertz CT molecular complexity index is 505. The van der Waals surface area contributed by atoms with Crippen molar-refractivity contribution in [1.82, 2.24) is 0 Å². The van der Waals surface area contributed by atoms with E-state index in [4.69, 9.17) is 15.4 Å². The van der Waals surface area contributed by atoms with Gasteiger partial charge in [0.25, 0.3) is 0 Å². The molecule has 0 fully saturated rings. The molecule has 1 aromatic carbocycles. The lowest BCUT2D eigenvalue weighted by atomic mass is 10.1. The fourth-order valence-corrected chi connectivity index (χ4v) is 3.96. The van der Waals surface area contributed by atoms with Crippen LogP contribution < -0.4 is 4.74 Å². The molecular weight excluding hydrogens is 407 g/mol. The van der Waals surface area contributed by atoms with Gasteiger partial charge in [-0.1, -0.05) is 22.9 Å². The lowest BCUT2D eigenvalue weighted by Gasteiger charge is -2.15. The summed E-state index contributed by atoms with van der Waals surface area (Å²) >= 11 is 6.73. The number of benzene rings is 1. The summed E-state index contributed by atoms with van der Waals surface area (Å²) in [6, 6.07) is 5.55. The zero-order chi connectivity index (χ0) is 13.8.